The second-order valence-corrected chi connectivity index (χ2v) is 4.74. The average molecular weight is 274 g/mol. The minimum absolute atomic E-state index is 0.0274. The number of carbonyl (C=O) groups is 2. The number of urea groups is 1. The normalized spacial score (nSPS) is 24.3. The van der Waals surface area contributed by atoms with Crippen molar-refractivity contribution in [2.24, 2.45) is 5.92 Å². The number of carboxylic acids is 1. The Morgan fingerprint density at radius 2 is 2.16 bits per heavy atom. The Kier molecular flexibility index (Phi) is 6.04. The van der Waals surface area contributed by atoms with E-state index in [0.717, 1.165) is 0 Å². The van der Waals surface area contributed by atoms with Crippen LogP contribution in [0.3, 0.4) is 0 Å². The molecule has 2 N–H and O–H groups in total. The Morgan fingerprint density at radius 3 is 2.68 bits per heavy atom. The van der Waals surface area contributed by atoms with Crippen LogP contribution in [0.15, 0.2) is 0 Å². The van der Waals surface area contributed by atoms with Gasteiger partial charge in [-0.3, -0.25) is 0 Å². The van der Waals surface area contributed by atoms with E-state index in [4.69, 9.17) is 14.6 Å². The lowest BCUT2D eigenvalue weighted by atomic mass is 10.0. The predicted molar refractivity (Wildman–Crippen MR) is 68.0 cm³/mol. The Hall–Kier alpha value is -1.34. The zero-order chi connectivity index (χ0) is 14.4. The molecular weight excluding hydrogens is 252 g/mol. The molecule has 0 aromatic heterocycles. The first kappa shape index (κ1) is 15.7. The van der Waals surface area contributed by atoms with Gasteiger partial charge in [-0.05, 0) is 12.3 Å². The van der Waals surface area contributed by atoms with E-state index >= 15 is 0 Å². The SMILES string of the molecule is COCC(CNC(=O)N1CCC(C)C1C(=O)O)OC. The van der Waals surface area contributed by atoms with Crippen molar-refractivity contribution < 1.29 is 24.2 Å². The molecule has 1 aliphatic rings. The van der Waals surface area contributed by atoms with Crippen LogP contribution in [0.5, 0.6) is 0 Å². The van der Waals surface area contributed by atoms with E-state index in [-0.39, 0.29) is 18.1 Å². The van der Waals surface area contributed by atoms with Gasteiger partial charge in [-0.15, -0.1) is 0 Å². The van der Waals surface area contributed by atoms with Gasteiger partial charge in [-0.1, -0.05) is 6.92 Å². The third-order valence-corrected chi connectivity index (χ3v) is 3.38. The van der Waals surface area contributed by atoms with Crippen molar-refractivity contribution in [1.82, 2.24) is 10.2 Å². The van der Waals surface area contributed by atoms with Crippen LogP contribution < -0.4 is 5.32 Å². The second-order valence-electron chi connectivity index (χ2n) is 4.74. The lowest BCUT2D eigenvalue weighted by Gasteiger charge is -2.24. The number of aliphatic carboxylic acids is 1. The number of rotatable bonds is 6. The Labute approximate surface area is 112 Å². The maximum atomic E-state index is 12.0. The minimum atomic E-state index is -0.958. The molecule has 0 spiro atoms. The van der Waals surface area contributed by atoms with E-state index in [1.807, 2.05) is 6.92 Å². The molecule has 7 heteroatoms. The molecule has 2 amide bonds. The molecule has 1 saturated heterocycles. The molecule has 110 valence electrons. The summed E-state index contributed by atoms with van der Waals surface area (Å²) in [5.41, 5.74) is 0. The maximum Gasteiger partial charge on any atom is 0.326 e. The average Bonchev–Trinajstić information content (AvgIpc) is 2.76. The first-order valence-corrected chi connectivity index (χ1v) is 6.30. The van der Waals surface area contributed by atoms with Gasteiger partial charge in [0.15, 0.2) is 0 Å². The van der Waals surface area contributed by atoms with Crippen LogP contribution in [0.2, 0.25) is 0 Å². The van der Waals surface area contributed by atoms with Crippen molar-refractivity contribution in [1.29, 1.82) is 0 Å². The van der Waals surface area contributed by atoms with Crippen LogP contribution in [0.4, 0.5) is 4.79 Å². The quantitative estimate of drug-likeness (QED) is 0.720. The summed E-state index contributed by atoms with van der Waals surface area (Å²) in [7, 11) is 3.09. The number of hydrogen-bond acceptors (Lipinski definition) is 4. The molecule has 3 unspecified atom stereocenters. The molecule has 19 heavy (non-hydrogen) atoms. The predicted octanol–water partition coefficient (Wildman–Crippen LogP) is 0.152. The van der Waals surface area contributed by atoms with E-state index in [0.29, 0.717) is 26.1 Å². The standard InChI is InChI=1S/C12H22N2O5/c1-8-4-5-14(10(8)11(15)16)12(17)13-6-9(19-3)7-18-2/h8-10H,4-7H2,1-3H3,(H,13,17)(H,15,16). The van der Waals surface area contributed by atoms with Crippen LogP contribution in [0.25, 0.3) is 0 Å². The van der Waals surface area contributed by atoms with Crippen LogP contribution in [-0.2, 0) is 14.3 Å². The van der Waals surface area contributed by atoms with Crippen LogP contribution >= 0.6 is 0 Å². The van der Waals surface area contributed by atoms with E-state index in [9.17, 15) is 9.59 Å². The number of ether oxygens (including phenoxy) is 2. The van der Waals surface area contributed by atoms with Crippen molar-refractivity contribution in [2.75, 3.05) is 33.9 Å². The van der Waals surface area contributed by atoms with Gasteiger partial charge in [-0.25, -0.2) is 9.59 Å². The summed E-state index contributed by atoms with van der Waals surface area (Å²) in [6.07, 6.45) is 0.466. The molecule has 1 rings (SSSR count). The van der Waals surface area contributed by atoms with Crippen molar-refractivity contribution in [2.45, 2.75) is 25.5 Å². The first-order valence-electron chi connectivity index (χ1n) is 6.30. The maximum absolute atomic E-state index is 12.0. The van der Waals surface area contributed by atoms with Gasteiger partial charge < -0.3 is 24.8 Å². The lowest BCUT2D eigenvalue weighted by Crippen LogP contribution is -2.49. The lowest BCUT2D eigenvalue weighted by molar-refractivity contribution is -0.142. The second kappa shape index (κ2) is 7.30. The smallest absolute Gasteiger partial charge is 0.326 e. The van der Waals surface area contributed by atoms with Gasteiger partial charge in [0.2, 0.25) is 0 Å². The molecule has 0 saturated carbocycles. The molecule has 0 aromatic rings. The van der Waals surface area contributed by atoms with E-state index in [1.54, 1.807) is 7.11 Å². The highest BCUT2D eigenvalue weighted by Gasteiger charge is 2.39. The Bertz CT molecular complexity index is 323. The summed E-state index contributed by atoms with van der Waals surface area (Å²) >= 11 is 0. The van der Waals surface area contributed by atoms with Gasteiger partial charge in [0.25, 0.3) is 0 Å². The number of likely N-dealkylation sites (tertiary alicyclic amines) is 1. The van der Waals surface area contributed by atoms with E-state index < -0.39 is 12.0 Å². The highest BCUT2D eigenvalue weighted by Crippen LogP contribution is 2.23. The fraction of sp³-hybridized carbons (Fsp3) is 0.833. The summed E-state index contributed by atoms with van der Waals surface area (Å²) in [6.45, 7) is 2.97. The molecule has 0 bridgehead atoms. The summed E-state index contributed by atoms with van der Waals surface area (Å²) in [5.74, 6) is -0.985. The molecule has 1 fully saturated rings. The molecular formula is C12H22N2O5. The number of methoxy groups -OCH3 is 2. The summed E-state index contributed by atoms with van der Waals surface area (Å²) < 4.78 is 10.1. The third kappa shape index (κ3) is 4.07. The molecule has 1 heterocycles. The van der Waals surface area contributed by atoms with Gasteiger partial charge in [0, 0.05) is 27.3 Å². The van der Waals surface area contributed by atoms with Gasteiger partial charge in [-0.2, -0.15) is 0 Å². The summed E-state index contributed by atoms with van der Waals surface area (Å²) in [4.78, 5) is 24.5. The zero-order valence-corrected chi connectivity index (χ0v) is 11.6. The first-order chi connectivity index (χ1) is 9.01. The van der Waals surface area contributed by atoms with E-state index in [2.05, 4.69) is 5.32 Å². The van der Waals surface area contributed by atoms with Crippen molar-refractivity contribution in [3.05, 3.63) is 0 Å². The van der Waals surface area contributed by atoms with Gasteiger partial charge >= 0.3 is 12.0 Å². The topological polar surface area (TPSA) is 88.1 Å². The summed E-state index contributed by atoms with van der Waals surface area (Å²) in [6, 6.07) is -1.11. The van der Waals surface area contributed by atoms with Crippen LogP contribution in [0.1, 0.15) is 13.3 Å². The number of carboxylic acid groups (broad SMARTS) is 1. The van der Waals surface area contributed by atoms with Gasteiger partial charge in [0.1, 0.15) is 6.04 Å². The fourth-order valence-corrected chi connectivity index (χ4v) is 2.25. The van der Waals surface area contributed by atoms with E-state index in [1.165, 1.54) is 12.0 Å². The highest BCUT2D eigenvalue weighted by molar-refractivity contribution is 5.83. The number of amides is 2. The highest BCUT2D eigenvalue weighted by atomic mass is 16.5. The molecule has 0 aromatic carbocycles. The molecule has 0 aliphatic carbocycles. The Morgan fingerprint density at radius 1 is 1.47 bits per heavy atom. The molecule has 0 radical (unpaired) electrons. The summed E-state index contributed by atoms with van der Waals surface area (Å²) in [5, 5.41) is 11.8. The van der Waals surface area contributed by atoms with Crippen LogP contribution in [0, 0.1) is 5.92 Å². The van der Waals surface area contributed by atoms with Crippen molar-refractivity contribution >= 4 is 12.0 Å². The number of hydrogen-bond donors (Lipinski definition) is 2. The molecule has 3 atom stereocenters. The number of nitrogens with zero attached hydrogens (tertiary/aromatic N) is 1. The largest absolute Gasteiger partial charge is 0.480 e. The van der Waals surface area contributed by atoms with Crippen LogP contribution in [-0.4, -0.2) is 68.1 Å². The third-order valence-electron chi connectivity index (χ3n) is 3.38. The number of nitrogens with one attached hydrogen (secondary N) is 1. The minimum Gasteiger partial charge on any atom is -0.480 e. The number of carbonyl (C=O) groups excluding carboxylic acids is 1. The monoisotopic (exact) mass is 274 g/mol. The van der Waals surface area contributed by atoms with Crippen molar-refractivity contribution in [3.63, 3.8) is 0 Å². The Balaban J connectivity index is 2.51. The fourth-order valence-electron chi connectivity index (χ4n) is 2.25. The molecule has 7 nitrogen and oxygen atoms in total. The molecule has 1 aliphatic heterocycles. The van der Waals surface area contributed by atoms with Crippen molar-refractivity contribution in [3.8, 4) is 0 Å². The zero-order valence-electron chi connectivity index (χ0n) is 11.6. The van der Waals surface area contributed by atoms with Gasteiger partial charge in [0.05, 0.1) is 12.7 Å².